The van der Waals surface area contributed by atoms with E-state index in [9.17, 15) is 18.0 Å². The van der Waals surface area contributed by atoms with Crippen LogP contribution in [0.5, 0.6) is 0 Å². The van der Waals surface area contributed by atoms with Crippen molar-refractivity contribution in [3.05, 3.63) is 42.1 Å². The molecule has 1 atom stereocenters. The molecule has 2 aromatic rings. The summed E-state index contributed by atoms with van der Waals surface area (Å²) >= 11 is 0. The average Bonchev–Trinajstić information content (AvgIpc) is 3.80. The first-order valence-electron chi connectivity index (χ1n) is 14.1. The molecule has 1 saturated heterocycles. The number of ether oxygens (including phenoxy) is 1. The number of nitrogens with zero attached hydrogens (tertiary/aromatic N) is 3. The molecule has 6 rings (SSSR count). The van der Waals surface area contributed by atoms with Crippen molar-refractivity contribution in [2.45, 2.75) is 63.7 Å². The van der Waals surface area contributed by atoms with E-state index < -0.39 is 12.2 Å². The maximum absolute atomic E-state index is 13.6. The van der Waals surface area contributed by atoms with E-state index in [-0.39, 0.29) is 17.7 Å². The highest BCUT2D eigenvalue weighted by molar-refractivity contribution is 6.00. The SMILES string of the molecule is CNC(C1CC1)C(F)(F)F.O=C(C1CCCCC1)N1Cc2cccnc2Nc2ccc(N3CCOCC3)cc21. The first-order chi connectivity index (χ1) is 18.8. The van der Waals surface area contributed by atoms with Gasteiger partial charge in [0.2, 0.25) is 5.91 Å². The molecule has 3 heterocycles. The molecular weight excluding hydrogens is 507 g/mol. The first-order valence-corrected chi connectivity index (χ1v) is 14.1. The summed E-state index contributed by atoms with van der Waals surface area (Å²) in [5, 5.41) is 5.75. The highest BCUT2D eigenvalue weighted by Crippen LogP contribution is 2.41. The molecule has 7 nitrogen and oxygen atoms in total. The minimum absolute atomic E-state index is 0.127. The van der Waals surface area contributed by atoms with Crippen LogP contribution in [-0.2, 0) is 16.1 Å². The summed E-state index contributed by atoms with van der Waals surface area (Å²) in [5.41, 5.74) is 4.11. The molecule has 10 heteroatoms. The second-order valence-corrected chi connectivity index (χ2v) is 10.8. The van der Waals surface area contributed by atoms with Crippen molar-refractivity contribution >= 4 is 28.8 Å². The van der Waals surface area contributed by atoms with Crippen molar-refractivity contribution in [3.63, 3.8) is 0 Å². The zero-order valence-corrected chi connectivity index (χ0v) is 22.5. The lowest BCUT2D eigenvalue weighted by Gasteiger charge is -2.32. The predicted molar refractivity (Wildman–Crippen MR) is 146 cm³/mol. The quantitative estimate of drug-likeness (QED) is 0.519. The number of aromatic nitrogens is 1. The third-order valence-electron chi connectivity index (χ3n) is 8.10. The minimum Gasteiger partial charge on any atom is -0.378 e. The van der Waals surface area contributed by atoms with Crippen molar-refractivity contribution in [1.29, 1.82) is 0 Å². The van der Waals surface area contributed by atoms with Crippen LogP contribution in [0.2, 0.25) is 0 Å². The topological polar surface area (TPSA) is 69.7 Å². The molecular formula is C29H38F3N5O2. The number of halogens is 3. The second kappa shape index (κ2) is 12.1. The minimum atomic E-state index is -4.06. The van der Waals surface area contributed by atoms with Gasteiger partial charge in [0.05, 0.1) is 31.1 Å². The Morgan fingerprint density at radius 1 is 1.10 bits per heavy atom. The summed E-state index contributed by atoms with van der Waals surface area (Å²) in [4.78, 5) is 22.5. The number of hydrogen-bond acceptors (Lipinski definition) is 6. The van der Waals surface area contributed by atoms with E-state index in [1.54, 1.807) is 6.20 Å². The van der Waals surface area contributed by atoms with Crippen molar-refractivity contribution < 1.29 is 22.7 Å². The van der Waals surface area contributed by atoms with Gasteiger partial charge in [-0.25, -0.2) is 4.98 Å². The zero-order valence-electron chi connectivity index (χ0n) is 22.5. The maximum Gasteiger partial charge on any atom is 0.404 e. The van der Waals surface area contributed by atoms with Crippen molar-refractivity contribution in [1.82, 2.24) is 10.3 Å². The Hall–Kier alpha value is -2.85. The number of alkyl halides is 3. The monoisotopic (exact) mass is 545 g/mol. The summed E-state index contributed by atoms with van der Waals surface area (Å²) in [5.74, 6) is 1.06. The maximum atomic E-state index is 13.6. The molecule has 212 valence electrons. The molecule has 3 fully saturated rings. The number of amides is 1. The van der Waals surface area contributed by atoms with Gasteiger partial charge < -0.3 is 25.2 Å². The predicted octanol–water partition coefficient (Wildman–Crippen LogP) is 5.64. The Morgan fingerprint density at radius 3 is 2.49 bits per heavy atom. The van der Waals surface area contributed by atoms with Gasteiger partial charge in [-0.1, -0.05) is 25.3 Å². The number of anilines is 4. The zero-order chi connectivity index (χ0) is 27.4. The highest BCUT2D eigenvalue weighted by Gasteiger charge is 2.47. The molecule has 2 aliphatic carbocycles. The van der Waals surface area contributed by atoms with Crippen LogP contribution in [-0.4, -0.2) is 56.5 Å². The van der Waals surface area contributed by atoms with E-state index in [0.717, 1.165) is 80.4 Å². The standard InChI is InChI=1S/C23H28N4O2.C6H10F3N/c28-23(17-5-2-1-3-6-17)27-16-18-7-4-10-24-22(18)25-20-9-8-19(15-21(20)27)26-11-13-29-14-12-26;1-10-5(4-2-3-4)6(7,8)9/h4,7-10,15,17H,1-3,5-6,11-14,16H2,(H,24,25);4-5,10H,2-3H2,1H3. The summed E-state index contributed by atoms with van der Waals surface area (Å²) in [6.07, 6.45) is 4.72. The largest absolute Gasteiger partial charge is 0.404 e. The van der Waals surface area contributed by atoms with E-state index >= 15 is 0 Å². The van der Waals surface area contributed by atoms with E-state index in [1.165, 1.54) is 13.5 Å². The molecule has 0 bridgehead atoms. The van der Waals surface area contributed by atoms with Crippen LogP contribution in [0.4, 0.5) is 36.1 Å². The number of morpholine rings is 1. The summed E-state index contributed by atoms with van der Waals surface area (Å²) in [6.45, 7) is 3.81. The lowest BCUT2D eigenvalue weighted by molar-refractivity contribution is -0.159. The summed E-state index contributed by atoms with van der Waals surface area (Å²) in [6, 6.07) is 9.12. The van der Waals surface area contributed by atoms with E-state index in [1.807, 2.05) is 11.0 Å². The molecule has 1 aromatic heterocycles. The Labute approximate surface area is 228 Å². The van der Waals surface area contributed by atoms with Gasteiger partial charge in [-0.05, 0) is 62.9 Å². The Kier molecular flexibility index (Phi) is 8.61. The van der Waals surface area contributed by atoms with Gasteiger partial charge in [-0.2, -0.15) is 13.2 Å². The Balaban J connectivity index is 0.000000261. The van der Waals surface area contributed by atoms with E-state index in [4.69, 9.17) is 4.74 Å². The lowest BCUT2D eigenvalue weighted by atomic mass is 9.88. The third kappa shape index (κ3) is 6.66. The van der Waals surface area contributed by atoms with Crippen LogP contribution in [0.1, 0.15) is 50.5 Å². The van der Waals surface area contributed by atoms with Crippen LogP contribution in [0, 0.1) is 11.8 Å². The van der Waals surface area contributed by atoms with Gasteiger partial charge in [0.25, 0.3) is 0 Å². The van der Waals surface area contributed by atoms with Gasteiger partial charge in [0.1, 0.15) is 11.9 Å². The van der Waals surface area contributed by atoms with Gasteiger partial charge in [-0.15, -0.1) is 0 Å². The van der Waals surface area contributed by atoms with Crippen molar-refractivity contribution in [2.75, 3.05) is 48.5 Å². The fraction of sp³-hybridized carbons (Fsp3) is 0.586. The normalized spacial score (nSPS) is 20.5. The van der Waals surface area contributed by atoms with Crippen LogP contribution in [0.3, 0.4) is 0 Å². The second-order valence-electron chi connectivity index (χ2n) is 10.8. The summed E-state index contributed by atoms with van der Waals surface area (Å²) in [7, 11) is 1.36. The molecule has 1 amide bonds. The Bertz CT molecular complexity index is 1130. The number of carbonyl (C=O) groups excluding carboxylic acids is 1. The number of rotatable bonds is 4. The van der Waals surface area contributed by atoms with Crippen molar-refractivity contribution in [3.8, 4) is 0 Å². The van der Waals surface area contributed by atoms with Crippen LogP contribution in [0.15, 0.2) is 36.5 Å². The van der Waals surface area contributed by atoms with E-state index in [0.29, 0.717) is 19.4 Å². The van der Waals surface area contributed by atoms with Gasteiger partial charge >= 0.3 is 6.18 Å². The van der Waals surface area contributed by atoms with Crippen LogP contribution in [0.25, 0.3) is 0 Å². The molecule has 2 saturated carbocycles. The van der Waals surface area contributed by atoms with Crippen LogP contribution >= 0.6 is 0 Å². The van der Waals surface area contributed by atoms with Gasteiger partial charge in [-0.3, -0.25) is 4.79 Å². The van der Waals surface area contributed by atoms with Gasteiger partial charge in [0.15, 0.2) is 0 Å². The number of nitrogens with one attached hydrogen (secondary N) is 2. The van der Waals surface area contributed by atoms with Crippen LogP contribution < -0.4 is 20.4 Å². The number of hydrogen-bond donors (Lipinski definition) is 2. The fourth-order valence-corrected chi connectivity index (χ4v) is 5.79. The van der Waals surface area contributed by atoms with Gasteiger partial charge in [0, 0.05) is 36.5 Å². The Morgan fingerprint density at radius 2 is 1.85 bits per heavy atom. The fourth-order valence-electron chi connectivity index (χ4n) is 5.79. The molecule has 0 radical (unpaired) electrons. The van der Waals surface area contributed by atoms with E-state index in [2.05, 4.69) is 44.8 Å². The number of benzene rings is 1. The smallest absolute Gasteiger partial charge is 0.378 e. The molecule has 39 heavy (non-hydrogen) atoms. The number of fused-ring (bicyclic) bond motifs is 2. The molecule has 1 unspecified atom stereocenters. The molecule has 2 aliphatic heterocycles. The molecule has 0 spiro atoms. The lowest BCUT2D eigenvalue weighted by Crippen LogP contribution is -2.41. The molecule has 1 aromatic carbocycles. The number of pyridine rings is 1. The summed E-state index contributed by atoms with van der Waals surface area (Å²) < 4.78 is 41.4. The van der Waals surface area contributed by atoms with Crippen molar-refractivity contribution in [2.24, 2.45) is 11.8 Å². The molecule has 4 aliphatic rings. The average molecular weight is 546 g/mol. The number of carbonyl (C=O) groups is 1. The third-order valence-corrected chi connectivity index (χ3v) is 8.10. The molecule has 2 N–H and O–H groups in total. The highest BCUT2D eigenvalue weighted by atomic mass is 19.4. The first kappa shape index (κ1) is 27.7.